The van der Waals surface area contributed by atoms with Gasteiger partial charge >= 0.3 is 6.61 Å². The quantitative estimate of drug-likeness (QED) is 0.246. The summed E-state index contributed by atoms with van der Waals surface area (Å²) in [5.74, 6) is -0.457. The van der Waals surface area contributed by atoms with Crippen molar-refractivity contribution < 1.29 is 27.8 Å². The number of anilines is 2. The molecule has 6 nitrogen and oxygen atoms in total. The van der Waals surface area contributed by atoms with E-state index in [1.807, 2.05) is 0 Å². The van der Waals surface area contributed by atoms with E-state index in [1.165, 1.54) is 12.1 Å². The number of halogens is 2. The van der Waals surface area contributed by atoms with Crippen molar-refractivity contribution in [2.75, 3.05) is 11.1 Å². The fourth-order valence-corrected chi connectivity index (χ4v) is 3.14. The van der Waals surface area contributed by atoms with E-state index in [1.54, 1.807) is 66.7 Å². The molecule has 0 aromatic heterocycles. The Labute approximate surface area is 195 Å². The van der Waals surface area contributed by atoms with Crippen molar-refractivity contribution in [2.24, 2.45) is 0 Å². The second-order valence-electron chi connectivity index (χ2n) is 7.72. The predicted molar refractivity (Wildman–Crippen MR) is 125 cm³/mol. The largest absolute Gasteiger partial charge is 0.487 e. The van der Waals surface area contributed by atoms with Gasteiger partial charge in [-0.15, -0.1) is 0 Å². The summed E-state index contributed by atoms with van der Waals surface area (Å²) in [4.78, 5) is 25.0. The molecule has 34 heavy (non-hydrogen) atoms. The molecule has 1 amide bonds. The number of alkyl halides is 2. The van der Waals surface area contributed by atoms with Gasteiger partial charge in [-0.25, -0.2) is 0 Å². The summed E-state index contributed by atoms with van der Waals surface area (Å²) in [7, 11) is 0. The zero-order chi connectivity index (χ0) is 24.1. The number of ketones is 1. The van der Waals surface area contributed by atoms with Crippen LogP contribution in [0, 0.1) is 0 Å². The van der Waals surface area contributed by atoms with Crippen molar-refractivity contribution in [1.29, 1.82) is 0 Å². The lowest BCUT2D eigenvalue weighted by Crippen LogP contribution is -2.13. The van der Waals surface area contributed by atoms with Crippen LogP contribution < -0.4 is 20.5 Å². The first kappa shape index (κ1) is 23.0. The average molecular weight is 464 g/mol. The van der Waals surface area contributed by atoms with Gasteiger partial charge in [0.2, 0.25) is 0 Å². The minimum atomic E-state index is -2.96. The van der Waals surface area contributed by atoms with E-state index < -0.39 is 6.61 Å². The van der Waals surface area contributed by atoms with Gasteiger partial charge in [-0.05, 0) is 60.9 Å². The molecule has 0 saturated heterocycles. The van der Waals surface area contributed by atoms with Crippen molar-refractivity contribution >= 4 is 29.1 Å². The average Bonchev–Trinajstić information content (AvgIpc) is 3.64. The van der Waals surface area contributed by atoms with Crippen LogP contribution in [0.1, 0.15) is 39.1 Å². The molecule has 0 spiro atoms. The number of carbonyl (C=O) groups is 2. The molecule has 174 valence electrons. The Morgan fingerprint density at radius 2 is 1.68 bits per heavy atom. The molecule has 0 radical (unpaired) electrons. The molecule has 1 aliphatic carbocycles. The Morgan fingerprint density at radius 3 is 2.35 bits per heavy atom. The van der Waals surface area contributed by atoms with Crippen molar-refractivity contribution in [3.63, 3.8) is 0 Å². The molecule has 0 atom stereocenters. The van der Waals surface area contributed by atoms with Crippen molar-refractivity contribution in [1.82, 2.24) is 0 Å². The number of carbonyl (C=O) groups excluding carboxylic acids is 2. The highest BCUT2D eigenvalue weighted by Crippen LogP contribution is 2.35. The van der Waals surface area contributed by atoms with E-state index in [9.17, 15) is 18.4 Å². The SMILES string of the molecule is Nc1ccccc1NC(=O)c1ccc(C(=O)C=Cc2ccc(OC(F)F)c(OC3CC3)c2)cc1. The summed E-state index contributed by atoms with van der Waals surface area (Å²) < 4.78 is 35.4. The topological polar surface area (TPSA) is 90.7 Å². The summed E-state index contributed by atoms with van der Waals surface area (Å²) >= 11 is 0. The molecule has 0 unspecified atom stereocenters. The lowest BCUT2D eigenvalue weighted by Gasteiger charge is -2.12. The highest BCUT2D eigenvalue weighted by molar-refractivity contribution is 6.09. The third-order valence-corrected chi connectivity index (χ3v) is 5.07. The van der Waals surface area contributed by atoms with E-state index in [4.69, 9.17) is 10.5 Å². The molecular weight excluding hydrogens is 442 g/mol. The number of para-hydroxylation sites is 2. The van der Waals surface area contributed by atoms with Crippen LogP contribution in [-0.4, -0.2) is 24.4 Å². The van der Waals surface area contributed by atoms with Gasteiger partial charge in [0, 0.05) is 11.1 Å². The van der Waals surface area contributed by atoms with Crippen molar-refractivity contribution in [3.8, 4) is 11.5 Å². The fraction of sp³-hybridized carbons (Fsp3) is 0.154. The predicted octanol–water partition coefficient (Wildman–Crippen LogP) is 5.56. The number of ether oxygens (including phenoxy) is 2. The first-order chi connectivity index (χ1) is 16.4. The van der Waals surface area contributed by atoms with Gasteiger partial charge in [-0.3, -0.25) is 9.59 Å². The van der Waals surface area contributed by atoms with Crippen LogP contribution in [0.15, 0.2) is 72.8 Å². The van der Waals surface area contributed by atoms with Crippen LogP contribution in [0.3, 0.4) is 0 Å². The third-order valence-electron chi connectivity index (χ3n) is 5.07. The first-order valence-corrected chi connectivity index (χ1v) is 10.6. The van der Waals surface area contributed by atoms with E-state index in [0.717, 1.165) is 12.8 Å². The summed E-state index contributed by atoms with van der Waals surface area (Å²) in [5.41, 5.74) is 8.16. The molecule has 8 heteroatoms. The van der Waals surface area contributed by atoms with Gasteiger partial charge in [0.1, 0.15) is 0 Å². The zero-order valence-electron chi connectivity index (χ0n) is 18.0. The van der Waals surface area contributed by atoms with Crippen LogP contribution in [0.4, 0.5) is 20.2 Å². The van der Waals surface area contributed by atoms with E-state index in [-0.39, 0.29) is 29.3 Å². The standard InChI is InChI=1S/C26H22F2N2O4/c27-26(28)34-23-14-6-16(15-24(23)33-19-11-12-19)5-13-22(31)17-7-9-18(10-8-17)25(32)30-21-4-2-1-3-20(21)29/h1-10,13-15,19,26H,11-12,29H2,(H,30,32). The smallest absolute Gasteiger partial charge is 0.387 e. The second kappa shape index (κ2) is 10.2. The maximum absolute atomic E-state index is 12.6. The molecule has 1 fully saturated rings. The molecule has 1 aliphatic rings. The Morgan fingerprint density at radius 1 is 0.971 bits per heavy atom. The normalized spacial score (nSPS) is 13.1. The maximum atomic E-state index is 12.6. The summed E-state index contributed by atoms with van der Waals surface area (Å²) in [5, 5.41) is 2.73. The van der Waals surface area contributed by atoms with Crippen LogP contribution in [-0.2, 0) is 0 Å². The number of nitrogens with two attached hydrogens (primary N) is 1. The number of nitrogen functional groups attached to an aromatic ring is 1. The highest BCUT2D eigenvalue weighted by atomic mass is 19.3. The molecule has 3 N–H and O–H groups in total. The Kier molecular flexibility index (Phi) is 6.87. The van der Waals surface area contributed by atoms with Crippen LogP contribution >= 0.6 is 0 Å². The zero-order valence-corrected chi connectivity index (χ0v) is 18.0. The Hall–Kier alpha value is -4.20. The first-order valence-electron chi connectivity index (χ1n) is 10.6. The van der Waals surface area contributed by atoms with Gasteiger partial charge in [0.25, 0.3) is 5.91 Å². The summed E-state index contributed by atoms with van der Waals surface area (Å²) in [6.07, 6.45) is 4.64. The number of hydrogen-bond acceptors (Lipinski definition) is 5. The van der Waals surface area contributed by atoms with E-state index in [2.05, 4.69) is 10.1 Å². The van der Waals surface area contributed by atoms with Crippen molar-refractivity contribution in [3.05, 3.63) is 89.5 Å². The summed E-state index contributed by atoms with van der Waals surface area (Å²) in [6, 6.07) is 17.6. The molecule has 0 aliphatic heterocycles. The third kappa shape index (κ3) is 5.98. The number of allylic oxidation sites excluding steroid dienone is 1. The number of nitrogens with one attached hydrogen (secondary N) is 1. The van der Waals surface area contributed by atoms with E-state index in [0.29, 0.717) is 28.1 Å². The van der Waals surface area contributed by atoms with E-state index >= 15 is 0 Å². The highest BCUT2D eigenvalue weighted by Gasteiger charge is 2.25. The number of benzene rings is 3. The molecule has 0 bridgehead atoms. The minimum Gasteiger partial charge on any atom is -0.487 e. The van der Waals surface area contributed by atoms with Gasteiger partial charge in [-0.1, -0.05) is 36.4 Å². The lowest BCUT2D eigenvalue weighted by molar-refractivity contribution is -0.0516. The maximum Gasteiger partial charge on any atom is 0.387 e. The van der Waals surface area contributed by atoms with Gasteiger partial charge in [0.05, 0.1) is 17.5 Å². The number of amides is 1. The number of rotatable bonds is 9. The minimum absolute atomic E-state index is 0.00469. The molecule has 3 aromatic rings. The van der Waals surface area contributed by atoms with Gasteiger partial charge < -0.3 is 20.5 Å². The monoisotopic (exact) mass is 464 g/mol. The molecule has 1 saturated carbocycles. The summed E-state index contributed by atoms with van der Waals surface area (Å²) in [6.45, 7) is -2.96. The lowest BCUT2D eigenvalue weighted by atomic mass is 10.1. The Bertz CT molecular complexity index is 1220. The van der Waals surface area contributed by atoms with Crippen LogP contribution in [0.25, 0.3) is 6.08 Å². The van der Waals surface area contributed by atoms with Gasteiger partial charge in [-0.2, -0.15) is 8.78 Å². The Balaban J connectivity index is 1.42. The van der Waals surface area contributed by atoms with Crippen LogP contribution in [0.2, 0.25) is 0 Å². The molecule has 4 rings (SSSR count). The molecular formula is C26H22F2N2O4. The molecule has 0 heterocycles. The van der Waals surface area contributed by atoms with Gasteiger partial charge in [0.15, 0.2) is 17.3 Å². The number of hydrogen-bond donors (Lipinski definition) is 2. The second-order valence-corrected chi connectivity index (χ2v) is 7.72. The molecule has 3 aromatic carbocycles. The van der Waals surface area contributed by atoms with Crippen LogP contribution in [0.5, 0.6) is 11.5 Å². The van der Waals surface area contributed by atoms with Crippen molar-refractivity contribution in [2.45, 2.75) is 25.6 Å². The fourth-order valence-electron chi connectivity index (χ4n) is 3.14.